The predicted octanol–water partition coefficient (Wildman–Crippen LogP) is 4.83. The van der Waals surface area contributed by atoms with Crippen LogP contribution in [0.4, 0.5) is 10.1 Å². The number of hydrogen-bond donors (Lipinski definition) is 2. The highest BCUT2D eigenvalue weighted by molar-refractivity contribution is 7.98. The smallest absolute Gasteiger partial charge is 0.170 e. The van der Waals surface area contributed by atoms with Crippen molar-refractivity contribution in [1.82, 2.24) is 5.32 Å². The molecule has 2 N–H and O–H groups in total. The molecule has 0 fully saturated rings. The molecule has 2 rings (SSSR count). The first kappa shape index (κ1) is 19.5. The number of thiocarbonyl (C=S) groups is 1. The molecule has 0 saturated carbocycles. The first-order valence-corrected chi connectivity index (χ1v) is 9.73. The highest BCUT2D eigenvalue weighted by Gasteiger charge is 2.03. The molecule has 25 heavy (non-hydrogen) atoms. The Bertz CT molecular complexity index is 695. The van der Waals surface area contributed by atoms with E-state index >= 15 is 0 Å². The molecule has 3 nitrogen and oxygen atoms in total. The lowest BCUT2D eigenvalue weighted by atomic mass is 10.2. The zero-order valence-corrected chi connectivity index (χ0v) is 16.1. The molecule has 0 unspecified atom stereocenters. The van der Waals surface area contributed by atoms with Gasteiger partial charge in [-0.25, -0.2) is 4.39 Å². The van der Waals surface area contributed by atoms with Crippen LogP contribution >= 0.6 is 24.0 Å². The van der Waals surface area contributed by atoms with Gasteiger partial charge in [0.15, 0.2) is 5.11 Å². The molecule has 6 heteroatoms. The molecule has 0 heterocycles. The number of rotatable bonds is 8. The zero-order chi connectivity index (χ0) is 18.1. The van der Waals surface area contributed by atoms with E-state index in [1.807, 2.05) is 50.2 Å². The summed E-state index contributed by atoms with van der Waals surface area (Å²) in [4.78, 5) is 0. The minimum Gasteiger partial charge on any atom is -0.491 e. The minimum absolute atomic E-state index is 0.131. The van der Waals surface area contributed by atoms with Gasteiger partial charge in [0, 0.05) is 29.8 Å². The topological polar surface area (TPSA) is 33.3 Å². The van der Waals surface area contributed by atoms with Gasteiger partial charge >= 0.3 is 0 Å². The Morgan fingerprint density at radius 2 is 2.00 bits per heavy atom. The number of halogens is 1. The van der Waals surface area contributed by atoms with Crippen LogP contribution in [0.3, 0.4) is 0 Å². The van der Waals surface area contributed by atoms with Crippen molar-refractivity contribution in [1.29, 1.82) is 0 Å². The lowest BCUT2D eigenvalue weighted by Crippen LogP contribution is -2.30. The third kappa shape index (κ3) is 7.32. The number of hydrogen-bond acceptors (Lipinski definition) is 3. The fourth-order valence-electron chi connectivity index (χ4n) is 2.13. The summed E-state index contributed by atoms with van der Waals surface area (Å²) in [6, 6.07) is 14.6. The number of benzene rings is 2. The van der Waals surface area contributed by atoms with Crippen molar-refractivity contribution in [3.05, 3.63) is 59.9 Å². The molecule has 0 radical (unpaired) electrons. The van der Waals surface area contributed by atoms with Gasteiger partial charge in [0.2, 0.25) is 0 Å². The first-order valence-electron chi connectivity index (χ1n) is 8.17. The van der Waals surface area contributed by atoms with Crippen molar-refractivity contribution >= 4 is 34.8 Å². The van der Waals surface area contributed by atoms with Crippen LogP contribution in [0.1, 0.15) is 19.4 Å². The Hall–Kier alpha value is -1.79. The van der Waals surface area contributed by atoms with E-state index < -0.39 is 0 Å². The van der Waals surface area contributed by atoms with Gasteiger partial charge in [-0.1, -0.05) is 24.3 Å². The molecule has 0 aliphatic heterocycles. The zero-order valence-electron chi connectivity index (χ0n) is 14.4. The molecule has 0 bridgehead atoms. The summed E-state index contributed by atoms with van der Waals surface area (Å²) in [7, 11) is 0. The van der Waals surface area contributed by atoms with Crippen molar-refractivity contribution < 1.29 is 9.13 Å². The van der Waals surface area contributed by atoms with Gasteiger partial charge in [-0.2, -0.15) is 11.8 Å². The number of anilines is 1. The Labute approximate surface area is 158 Å². The van der Waals surface area contributed by atoms with E-state index in [0.29, 0.717) is 17.4 Å². The van der Waals surface area contributed by atoms with E-state index in [2.05, 4.69) is 10.6 Å². The van der Waals surface area contributed by atoms with Crippen LogP contribution < -0.4 is 15.4 Å². The second-order valence-corrected chi connectivity index (χ2v) is 7.23. The summed E-state index contributed by atoms with van der Waals surface area (Å²) < 4.78 is 19.2. The van der Waals surface area contributed by atoms with Gasteiger partial charge in [-0.3, -0.25) is 0 Å². The minimum atomic E-state index is -0.149. The molecule has 134 valence electrons. The van der Waals surface area contributed by atoms with Crippen LogP contribution in [-0.4, -0.2) is 23.5 Å². The number of thioether (sulfide) groups is 1. The average Bonchev–Trinajstić information content (AvgIpc) is 2.56. The summed E-state index contributed by atoms with van der Waals surface area (Å²) in [5, 5.41) is 6.86. The number of ether oxygens (including phenoxy) is 1. The highest BCUT2D eigenvalue weighted by atomic mass is 32.2. The summed E-state index contributed by atoms with van der Waals surface area (Å²) in [5.41, 5.74) is 1.62. The van der Waals surface area contributed by atoms with Crippen LogP contribution in [0.2, 0.25) is 0 Å². The van der Waals surface area contributed by atoms with Gasteiger partial charge in [0.25, 0.3) is 0 Å². The van der Waals surface area contributed by atoms with Crippen LogP contribution in [0.5, 0.6) is 5.75 Å². The lowest BCUT2D eigenvalue weighted by molar-refractivity contribution is 0.242. The Balaban J connectivity index is 1.68. The van der Waals surface area contributed by atoms with E-state index in [0.717, 1.165) is 22.8 Å². The normalized spacial score (nSPS) is 10.6. The molecule has 0 aromatic heterocycles. The van der Waals surface area contributed by atoms with Crippen molar-refractivity contribution in [2.45, 2.75) is 25.7 Å². The summed E-state index contributed by atoms with van der Waals surface area (Å²) in [6.45, 7) is 4.70. The molecule has 0 atom stereocenters. The van der Waals surface area contributed by atoms with Crippen molar-refractivity contribution in [2.24, 2.45) is 0 Å². The van der Waals surface area contributed by atoms with Crippen LogP contribution in [0.15, 0.2) is 48.5 Å². The van der Waals surface area contributed by atoms with Crippen LogP contribution in [0.25, 0.3) is 0 Å². The highest BCUT2D eigenvalue weighted by Crippen LogP contribution is 2.18. The fraction of sp³-hybridized carbons (Fsp3) is 0.316. The molecule has 0 saturated heterocycles. The van der Waals surface area contributed by atoms with Crippen molar-refractivity contribution in [3.8, 4) is 5.75 Å². The second kappa shape index (κ2) is 10.3. The van der Waals surface area contributed by atoms with Gasteiger partial charge < -0.3 is 15.4 Å². The van der Waals surface area contributed by atoms with Gasteiger partial charge in [0.1, 0.15) is 11.6 Å². The fourth-order valence-corrected chi connectivity index (χ4v) is 3.19. The van der Waals surface area contributed by atoms with E-state index in [-0.39, 0.29) is 11.9 Å². The second-order valence-electron chi connectivity index (χ2n) is 5.72. The molecule has 2 aromatic carbocycles. The monoisotopic (exact) mass is 378 g/mol. The van der Waals surface area contributed by atoms with E-state index in [9.17, 15) is 4.39 Å². The Kier molecular flexibility index (Phi) is 8.01. The molecule has 0 aliphatic carbocycles. The van der Waals surface area contributed by atoms with Gasteiger partial charge in [0.05, 0.1) is 6.10 Å². The van der Waals surface area contributed by atoms with E-state index in [4.69, 9.17) is 17.0 Å². The SMILES string of the molecule is CC(C)Oc1cccc(NC(=S)NCCSCc2ccccc2F)c1. The first-order chi connectivity index (χ1) is 12.0. The maximum absolute atomic E-state index is 13.5. The van der Waals surface area contributed by atoms with E-state index in [1.54, 1.807) is 17.8 Å². The standard InChI is InChI=1S/C19H23FN2OS2/c1-14(2)23-17-8-5-7-16(12-17)22-19(24)21-10-11-25-13-15-6-3-4-9-18(15)20/h3-9,12,14H,10-11,13H2,1-2H3,(H2,21,22,24). The Morgan fingerprint density at radius 1 is 1.20 bits per heavy atom. The number of nitrogens with one attached hydrogen (secondary N) is 2. The largest absolute Gasteiger partial charge is 0.491 e. The Morgan fingerprint density at radius 3 is 2.76 bits per heavy atom. The van der Waals surface area contributed by atoms with Crippen molar-refractivity contribution in [2.75, 3.05) is 17.6 Å². The lowest BCUT2D eigenvalue weighted by Gasteiger charge is -2.13. The third-order valence-electron chi connectivity index (χ3n) is 3.21. The maximum atomic E-state index is 13.5. The van der Waals surface area contributed by atoms with Crippen molar-refractivity contribution in [3.63, 3.8) is 0 Å². The average molecular weight is 379 g/mol. The van der Waals surface area contributed by atoms with Gasteiger partial charge in [-0.15, -0.1) is 0 Å². The predicted molar refractivity (Wildman–Crippen MR) is 109 cm³/mol. The van der Waals surface area contributed by atoms with E-state index in [1.165, 1.54) is 6.07 Å². The summed E-state index contributed by atoms with van der Waals surface area (Å²) >= 11 is 6.97. The van der Waals surface area contributed by atoms with Crippen LogP contribution in [-0.2, 0) is 5.75 Å². The summed E-state index contributed by atoms with van der Waals surface area (Å²) in [5.74, 6) is 2.15. The molecular weight excluding hydrogens is 355 g/mol. The quantitative estimate of drug-likeness (QED) is 0.508. The van der Waals surface area contributed by atoms with Crippen LogP contribution in [0, 0.1) is 5.82 Å². The molecule has 2 aromatic rings. The molecule has 0 spiro atoms. The molecule has 0 aliphatic rings. The summed E-state index contributed by atoms with van der Waals surface area (Å²) in [6.07, 6.45) is 0.131. The van der Waals surface area contributed by atoms with Gasteiger partial charge in [-0.05, 0) is 49.8 Å². The maximum Gasteiger partial charge on any atom is 0.170 e. The third-order valence-corrected chi connectivity index (χ3v) is 4.47. The molecular formula is C19H23FN2OS2. The molecule has 0 amide bonds.